The summed E-state index contributed by atoms with van der Waals surface area (Å²) in [5, 5.41) is -3.45. The monoisotopic (exact) mass is 296 g/mol. The second kappa shape index (κ2) is 5.36. The van der Waals surface area contributed by atoms with Gasteiger partial charge in [0.15, 0.2) is 0 Å². The number of hydrogen-bond acceptors (Lipinski definition) is 4. The third-order valence-corrected chi connectivity index (χ3v) is 5.00. The highest BCUT2D eigenvalue weighted by molar-refractivity contribution is 7.88. The van der Waals surface area contributed by atoms with Crippen molar-refractivity contribution in [1.29, 1.82) is 0 Å². The normalized spacial score (nSPS) is 21.1. The van der Waals surface area contributed by atoms with Crippen LogP contribution in [0.2, 0.25) is 0 Å². The number of ether oxygens (including phenoxy) is 1. The van der Waals surface area contributed by atoms with E-state index >= 15 is 0 Å². The van der Waals surface area contributed by atoms with E-state index in [0.29, 0.717) is 0 Å². The lowest BCUT2D eigenvalue weighted by atomic mass is 9.89. The number of esters is 1. The van der Waals surface area contributed by atoms with E-state index in [-0.39, 0.29) is 12.5 Å². The van der Waals surface area contributed by atoms with Gasteiger partial charge in [-0.05, 0) is 18.8 Å². The third-order valence-electron chi connectivity index (χ3n) is 3.51. The molecule has 0 saturated heterocycles. The van der Waals surface area contributed by atoms with Gasteiger partial charge in [-0.3, -0.25) is 4.55 Å². The third kappa shape index (κ3) is 3.25. The number of alkyl halides is 1. The van der Waals surface area contributed by atoms with E-state index in [2.05, 4.69) is 0 Å². The van der Waals surface area contributed by atoms with Gasteiger partial charge in [0, 0.05) is 5.41 Å². The second-order valence-electron chi connectivity index (χ2n) is 6.07. The molecule has 19 heavy (non-hydrogen) atoms. The Hall–Kier alpha value is -0.690. The van der Waals surface area contributed by atoms with Crippen molar-refractivity contribution in [3.8, 4) is 0 Å². The van der Waals surface area contributed by atoms with Gasteiger partial charge in [0.25, 0.3) is 0 Å². The molecule has 7 heteroatoms. The summed E-state index contributed by atoms with van der Waals surface area (Å²) in [6.45, 7) is 3.66. The van der Waals surface area contributed by atoms with Crippen molar-refractivity contribution < 1.29 is 26.9 Å². The van der Waals surface area contributed by atoms with Crippen LogP contribution in [0.4, 0.5) is 4.39 Å². The van der Waals surface area contributed by atoms with Crippen LogP contribution in [-0.4, -0.2) is 30.5 Å². The van der Waals surface area contributed by atoms with E-state index in [9.17, 15) is 17.6 Å². The highest BCUT2D eigenvalue weighted by Crippen LogP contribution is 2.39. The van der Waals surface area contributed by atoms with Crippen LogP contribution < -0.4 is 0 Å². The molecule has 1 rings (SSSR count). The lowest BCUT2D eigenvalue weighted by molar-refractivity contribution is -0.159. The zero-order valence-electron chi connectivity index (χ0n) is 11.5. The SMILES string of the molecule is CC(C)(C)[C@](F)(C(=O)OCC1CCCC1)S(=O)(=O)O. The fourth-order valence-electron chi connectivity index (χ4n) is 2.26. The van der Waals surface area contributed by atoms with Crippen LogP contribution >= 0.6 is 0 Å². The van der Waals surface area contributed by atoms with Crippen LogP contribution in [0.15, 0.2) is 0 Å². The fraction of sp³-hybridized carbons (Fsp3) is 0.917. The second-order valence-corrected chi connectivity index (χ2v) is 7.58. The van der Waals surface area contributed by atoms with Crippen molar-refractivity contribution in [2.24, 2.45) is 11.3 Å². The molecule has 0 heterocycles. The molecule has 1 fully saturated rings. The first kappa shape index (κ1) is 16.4. The van der Waals surface area contributed by atoms with Gasteiger partial charge >= 0.3 is 21.1 Å². The summed E-state index contributed by atoms with van der Waals surface area (Å²) in [5.41, 5.74) is -1.62. The molecule has 0 spiro atoms. The zero-order chi connectivity index (χ0) is 14.9. The molecule has 0 aromatic rings. The average Bonchev–Trinajstić information content (AvgIpc) is 2.74. The Bertz CT molecular complexity index is 434. The number of carbonyl (C=O) groups is 1. The summed E-state index contributed by atoms with van der Waals surface area (Å²) in [7, 11) is -5.21. The smallest absolute Gasteiger partial charge is 0.363 e. The number of rotatable bonds is 4. The predicted molar refractivity (Wildman–Crippen MR) is 67.8 cm³/mol. The minimum atomic E-state index is -5.21. The van der Waals surface area contributed by atoms with E-state index in [1.807, 2.05) is 0 Å². The molecule has 112 valence electrons. The number of hydrogen-bond donors (Lipinski definition) is 1. The number of halogens is 1. The molecule has 0 radical (unpaired) electrons. The van der Waals surface area contributed by atoms with Crippen LogP contribution in [0.3, 0.4) is 0 Å². The quantitative estimate of drug-likeness (QED) is 0.636. The molecule has 0 aromatic carbocycles. The van der Waals surface area contributed by atoms with Gasteiger partial charge in [-0.25, -0.2) is 9.18 Å². The van der Waals surface area contributed by atoms with Gasteiger partial charge in [0.1, 0.15) is 0 Å². The van der Waals surface area contributed by atoms with Gasteiger partial charge in [-0.15, -0.1) is 0 Å². The molecule has 0 bridgehead atoms. The summed E-state index contributed by atoms with van der Waals surface area (Å²) in [6.07, 6.45) is 3.82. The maximum Gasteiger partial charge on any atom is 0.363 e. The van der Waals surface area contributed by atoms with Crippen molar-refractivity contribution in [3.63, 3.8) is 0 Å². The van der Waals surface area contributed by atoms with Gasteiger partial charge in [0.2, 0.25) is 0 Å². The molecule has 0 unspecified atom stereocenters. The zero-order valence-corrected chi connectivity index (χ0v) is 12.3. The molecular weight excluding hydrogens is 275 g/mol. The average molecular weight is 296 g/mol. The van der Waals surface area contributed by atoms with Crippen molar-refractivity contribution in [3.05, 3.63) is 0 Å². The molecule has 1 aliphatic rings. The van der Waals surface area contributed by atoms with Gasteiger partial charge in [-0.2, -0.15) is 8.42 Å². The first-order valence-corrected chi connectivity index (χ1v) is 7.77. The minimum absolute atomic E-state index is 0.00387. The lowest BCUT2D eigenvalue weighted by Gasteiger charge is -2.32. The Kier molecular flexibility index (Phi) is 4.62. The van der Waals surface area contributed by atoms with Gasteiger partial charge in [0.05, 0.1) is 6.61 Å². The predicted octanol–water partition coefficient (Wildman–Crippen LogP) is 2.32. The minimum Gasteiger partial charge on any atom is -0.462 e. The molecule has 1 atom stereocenters. The Morgan fingerprint density at radius 1 is 1.32 bits per heavy atom. The van der Waals surface area contributed by atoms with Gasteiger partial charge < -0.3 is 4.74 Å². The van der Waals surface area contributed by atoms with Crippen LogP contribution in [0.5, 0.6) is 0 Å². The summed E-state index contributed by atoms with van der Waals surface area (Å²) < 4.78 is 50.8. The Morgan fingerprint density at radius 3 is 2.16 bits per heavy atom. The molecule has 0 aromatic heterocycles. The molecular formula is C12H21FO5S. The standard InChI is InChI=1S/C12H21FO5S/c1-11(2,3)12(13,19(15,16)17)10(14)18-8-9-6-4-5-7-9/h9H,4-8H2,1-3H3,(H,15,16,17)/t12-/m0/s1. The molecule has 0 amide bonds. The van der Waals surface area contributed by atoms with Crippen molar-refractivity contribution in [1.82, 2.24) is 0 Å². The van der Waals surface area contributed by atoms with Crippen molar-refractivity contribution in [2.75, 3.05) is 6.61 Å². The van der Waals surface area contributed by atoms with E-state index in [0.717, 1.165) is 25.7 Å². The highest BCUT2D eigenvalue weighted by Gasteiger charge is 2.61. The Balaban J connectivity index is 2.84. The van der Waals surface area contributed by atoms with Gasteiger partial charge in [-0.1, -0.05) is 33.6 Å². The van der Waals surface area contributed by atoms with E-state index in [4.69, 9.17) is 9.29 Å². The number of carbonyl (C=O) groups excluding carboxylic acids is 1. The van der Waals surface area contributed by atoms with Crippen LogP contribution in [0.1, 0.15) is 46.5 Å². The first-order valence-electron chi connectivity index (χ1n) is 6.33. The molecule has 1 N–H and O–H groups in total. The fourth-order valence-corrected chi connectivity index (χ4v) is 3.31. The molecule has 5 nitrogen and oxygen atoms in total. The highest BCUT2D eigenvalue weighted by atomic mass is 32.2. The Labute approximate surface area is 113 Å². The van der Waals surface area contributed by atoms with Crippen molar-refractivity contribution >= 4 is 16.1 Å². The van der Waals surface area contributed by atoms with E-state index in [1.165, 1.54) is 20.8 Å². The topological polar surface area (TPSA) is 80.7 Å². The maximum absolute atomic E-state index is 14.6. The van der Waals surface area contributed by atoms with Crippen molar-refractivity contribution in [2.45, 2.75) is 51.5 Å². The lowest BCUT2D eigenvalue weighted by Crippen LogP contribution is -2.53. The Morgan fingerprint density at radius 2 is 1.79 bits per heavy atom. The molecule has 1 saturated carbocycles. The summed E-state index contributed by atoms with van der Waals surface area (Å²) in [6, 6.07) is 0. The largest absolute Gasteiger partial charge is 0.462 e. The van der Waals surface area contributed by atoms with Crippen LogP contribution in [0, 0.1) is 11.3 Å². The van der Waals surface area contributed by atoms with Crippen LogP contribution in [0.25, 0.3) is 0 Å². The summed E-state index contributed by atoms with van der Waals surface area (Å²) >= 11 is 0. The molecule has 1 aliphatic carbocycles. The van der Waals surface area contributed by atoms with Crippen LogP contribution in [-0.2, 0) is 19.6 Å². The van der Waals surface area contributed by atoms with E-state index in [1.54, 1.807) is 0 Å². The first-order chi connectivity index (χ1) is 8.50. The molecule has 0 aliphatic heterocycles. The van der Waals surface area contributed by atoms with E-state index < -0.39 is 26.5 Å². The maximum atomic E-state index is 14.6. The summed E-state index contributed by atoms with van der Waals surface area (Å²) in [5.74, 6) is -1.39. The summed E-state index contributed by atoms with van der Waals surface area (Å²) in [4.78, 5) is 11.8.